The monoisotopic (exact) mass is 496 g/mol. The molecule has 37 heavy (non-hydrogen) atoms. The molecule has 0 radical (unpaired) electrons. The van der Waals surface area contributed by atoms with Crippen molar-refractivity contribution in [1.29, 1.82) is 0 Å². The Labute approximate surface area is 223 Å². The van der Waals surface area contributed by atoms with Crippen molar-refractivity contribution < 1.29 is 0 Å². The molecule has 0 amide bonds. The first-order chi connectivity index (χ1) is 17.6. The van der Waals surface area contributed by atoms with Crippen LogP contribution in [-0.2, 0) is 12.8 Å². The molecule has 0 saturated carbocycles. The summed E-state index contributed by atoms with van der Waals surface area (Å²) in [6, 6.07) is 0. The summed E-state index contributed by atoms with van der Waals surface area (Å²) < 4.78 is 0. The van der Waals surface area contributed by atoms with Crippen LogP contribution in [0.4, 0.5) is 0 Å². The van der Waals surface area contributed by atoms with E-state index in [-0.39, 0.29) is 0 Å². The molecule has 0 bridgehead atoms. The molecule has 0 fully saturated rings. The van der Waals surface area contributed by atoms with Crippen molar-refractivity contribution in [2.75, 3.05) is 0 Å². The first-order valence-electron chi connectivity index (χ1n) is 14.0. The molecule has 4 heteroatoms. The molecule has 4 rings (SSSR count). The second-order valence-corrected chi connectivity index (χ2v) is 10.5. The van der Waals surface area contributed by atoms with E-state index in [0.29, 0.717) is 0 Å². The third-order valence-corrected chi connectivity index (χ3v) is 8.46. The van der Waals surface area contributed by atoms with Crippen molar-refractivity contribution in [3.63, 3.8) is 0 Å². The van der Waals surface area contributed by atoms with Crippen LogP contribution in [0.3, 0.4) is 0 Å². The van der Waals surface area contributed by atoms with E-state index < -0.39 is 0 Å². The number of allylic oxidation sites excluding steroid dienone is 4. The van der Waals surface area contributed by atoms with Gasteiger partial charge in [0.2, 0.25) is 0 Å². The number of H-pyrrole nitrogens is 2. The summed E-state index contributed by atoms with van der Waals surface area (Å²) in [5.41, 5.74) is 20.2. The van der Waals surface area contributed by atoms with Gasteiger partial charge in [0.25, 0.3) is 0 Å². The van der Waals surface area contributed by atoms with E-state index in [1.807, 2.05) is 0 Å². The second kappa shape index (κ2) is 10.7. The van der Waals surface area contributed by atoms with E-state index in [0.717, 1.165) is 54.9 Å². The van der Waals surface area contributed by atoms with E-state index in [9.17, 15) is 0 Å². The molecule has 2 aromatic rings. The lowest BCUT2D eigenvalue weighted by Crippen LogP contribution is -2.09. The Morgan fingerprint density at radius 2 is 1.05 bits per heavy atom. The highest BCUT2D eigenvalue weighted by Gasteiger charge is 2.26. The van der Waals surface area contributed by atoms with Gasteiger partial charge in [-0.2, -0.15) is 0 Å². The summed E-state index contributed by atoms with van der Waals surface area (Å²) in [4.78, 5) is 17.5. The van der Waals surface area contributed by atoms with Gasteiger partial charge >= 0.3 is 0 Å². The van der Waals surface area contributed by atoms with E-state index in [2.05, 4.69) is 91.4 Å². The lowest BCUT2D eigenvalue weighted by molar-refractivity contribution is 1.08. The number of nitrogens with one attached hydrogen (secondary N) is 2. The van der Waals surface area contributed by atoms with Crippen molar-refractivity contribution in [3.8, 4) is 0 Å². The normalized spacial score (nSPS) is 18.2. The Hall–Kier alpha value is -3.14. The minimum absolute atomic E-state index is 0.774. The Morgan fingerprint density at radius 3 is 1.51 bits per heavy atom. The predicted molar refractivity (Wildman–Crippen MR) is 161 cm³/mol. The summed E-state index contributed by atoms with van der Waals surface area (Å²) in [7, 11) is 0. The van der Waals surface area contributed by atoms with Gasteiger partial charge < -0.3 is 9.97 Å². The molecular weight excluding hydrogens is 452 g/mol. The lowest BCUT2D eigenvalue weighted by Gasteiger charge is -2.07. The molecule has 2 aromatic heterocycles. The fourth-order valence-electron chi connectivity index (χ4n) is 6.24. The number of aliphatic imine (C=N–C) groups is 2. The molecular formula is C33H44N4. The van der Waals surface area contributed by atoms with Crippen molar-refractivity contribution in [1.82, 2.24) is 9.97 Å². The summed E-state index contributed by atoms with van der Waals surface area (Å²) in [6.07, 6.45) is 9.31. The van der Waals surface area contributed by atoms with Crippen molar-refractivity contribution in [3.05, 3.63) is 78.7 Å². The number of aromatic nitrogens is 2. The molecule has 2 aliphatic heterocycles. The Kier molecular flexibility index (Phi) is 7.77. The maximum Gasteiger partial charge on any atom is 0.0689 e. The van der Waals surface area contributed by atoms with Crippen LogP contribution in [0.25, 0.3) is 12.2 Å². The summed E-state index contributed by atoms with van der Waals surface area (Å²) in [6.45, 7) is 22.1. The van der Waals surface area contributed by atoms with Crippen LogP contribution in [0.2, 0.25) is 0 Å². The van der Waals surface area contributed by atoms with E-state index in [4.69, 9.17) is 9.98 Å². The highest BCUT2D eigenvalue weighted by molar-refractivity contribution is 6.21. The maximum atomic E-state index is 5.18. The largest absolute Gasteiger partial charge is 0.359 e. The molecule has 2 aliphatic rings. The van der Waals surface area contributed by atoms with Gasteiger partial charge in [0, 0.05) is 29.2 Å². The van der Waals surface area contributed by atoms with Gasteiger partial charge in [-0.05, 0) is 124 Å². The molecule has 0 aliphatic carbocycles. The number of hydrogen-bond donors (Lipinski definition) is 2. The fraction of sp³-hybridized carbons (Fsp3) is 0.455. The molecule has 196 valence electrons. The average molecular weight is 497 g/mol. The van der Waals surface area contributed by atoms with Crippen LogP contribution in [-0.4, -0.2) is 21.4 Å². The van der Waals surface area contributed by atoms with Gasteiger partial charge in [-0.25, -0.2) is 0 Å². The van der Waals surface area contributed by atoms with Gasteiger partial charge in [-0.1, -0.05) is 27.7 Å². The van der Waals surface area contributed by atoms with Gasteiger partial charge in [0.1, 0.15) is 0 Å². The molecule has 0 saturated heterocycles. The van der Waals surface area contributed by atoms with E-state index in [1.165, 1.54) is 67.3 Å². The van der Waals surface area contributed by atoms with Crippen LogP contribution < -0.4 is 0 Å². The van der Waals surface area contributed by atoms with Crippen LogP contribution >= 0.6 is 0 Å². The number of hydrogen-bond acceptors (Lipinski definition) is 2. The zero-order valence-corrected chi connectivity index (χ0v) is 24.6. The van der Waals surface area contributed by atoms with Gasteiger partial charge in [-0.3, -0.25) is 9.98 Å². The van der Waals surface area contributed by atoms with Crippen LogP contribution in [0.5, 0.6) is 0 Å². The number of aryl methyl sites for hydroxylation is 2. The molecule has 0 spiro atoms. The molecule has 0 atom stereocenters. The first kappa shape index (κ1) is 26.9. The van der Waals surface area contributed by atoms with Crippen molar-refractivity contribution in [2.24, 2.45) is 9.98 Å². The van der Waals surface area contributed by atoms with Gasteiger partial charge in [0.05, 0.1) is 22.8 Å². The topological polar surface area (TPSA) is 56.3 Å². The molecule has 4 nitrogen and oxygen atoms in total. The SMILES string of the molecule is CCC1=C(C)/C(=C/c2[nH]c(C)c(CC)c2C)N=C1CC1=N/C(=C\c2[nH]c(C)c(CC)c2C)C(CC)=C1C. The summed E-state index contributed by atoms with van der Waals surface area (Å²) >= 11 is 0. The molecule has 0 aromatic carbocycles. The smallest absolute Gasteiger partial charge is 0.0689 e. The zero-order valence-electron chi connectivity index (χ0n) is 24.6. The van der Waals surface area contributed by atoms with Crippen LogP contribution in [0.1, 0.15) is 106 Å². The average Bonchev–Trinajstić information content (AvgIpc) is 3.51. The standard InChI is InChI=1S/C33H44N4/c1-11-24-18(5)28(34-22(24)9)15-30-20(7)26(13-3)33(36-30)17-31-21(8)27(14-4)32(37-31)16-29-19(6)25(12-2)23(10)35-29/h15-16,34-35H,11-14,17H2,1-10H3/b30-15-,32-16-. The van der Waals surface area contributed by atoms with Crippen molar-refractivity contribution in [2.45, 2.75) is 101 Å². The lowest BCUT2D eigenvalue weighted by atomic mass is 9.95. The Morgan fingerprint density at radius 1 is 0.568 bits per heavy atom. The highest BCUT2D eigenvalue weighted by Crippen LogP contribution is 2.36. The fourth-order valence-corrected chi connectivity index (χ4v) is 6.24. The van der Waals surface area contributed by atoms with Crippen LogP contribution in [0, 0.1) is 27.7 Å². The first-order valence-corrected chi connectivity index (χ1v) is 14.0. The third kappa shape index (κ3) is 4.79. The molecule has 4 heterocycles. The Bertz CT molecular complexity index is 1420. The van der Waals surface area contributed by atoms with Gasteiger partial charge in [0.15, 0.2) is 0 Å². The minimum atomic E-state index is 0.774. The minimum Gasteiger partial charge on any atom is -0.359 e. The maximum absolute atomic E-state index is 5.18. The number of aromatic amines is 2. The van der Waals surface area contributed by atoms with Crippen molar-refractivity contribution >= 4 is 23.6 Å². The summed E-state index contributed by atoms with van der Waals surface area (Å²) in [5.74, 6) is 0. The van der Waals surface area contributed by atoms with E-state index >= 15 is 0 Å². The number of rotatable bonds is 8. The third-order valence-electron chi connectivity index (χ3n) is 8.46. The molecule has 0 unspecified atom stereocenters. The van der Waals surface area contributed by atoms with E-state index in [1.54, 1.807) is 0 Å². The number of nitrogens with zero attached hydrogens (tertiary/aromatic N) is 2. The molecule has 2 N–H and O–H groups in total. The van der Waals surface area contributed by atoms with Crippen LogP contribution in [0.15, 0.2) is 43.7 Å². The van der Waals surface area contributed by atoms with Gasteiger partial charge in [-0.15, -0.1) is 0 Å². The predicted octanol–water partition coefficient (Wildman–Crippen LogP) is 8.84. The highest BCUT2D eigenvalue weighted by atomic mass is 14.8. The second-order valence-electron chi connectivity index (χ2n) is 10.5. The summed E-state index contributed by atoms with van der Waals surface area (Å²) in [5, 5.41) is 0. The Balaban J connectivity index is 1.70. The zero-order chi connectivity index (χ0) is 27.0. The quantitative estimate of drug-likeness (QED) is 0.367.